The molecule has 0 amide bonds. The number of nitrogens with zero attached hydrogens (tertiary/aromatic N) is 1. The third-order valence-corrected chi connectivity index (χ3v) is 2.97. The van der Waals surface area contributed by atoms with Gasteiger partial charge in [-0.15, -0.1) is 0 Å². The zero-order valence-electron chi connectivity index (χ0n) is 9.76. The molecule has 16 heavy (non-hydrogen) atoms. The summed E-state index contributed by atoms with van der Waals surface area (Å²) < 4.78 is 0. The lowest BCUT2D eigenvalue weighted by Gasteiger charge is -2.24. The molecule has 2 nitrogen and oxygen atoms in total. The van der Waals surface area contributed by atoms with Crippen molar-refractivity contribution in [2.45, 2.75) is 32.5 Å². The van der Waals surface area contributed by atoms with Gasteiger partial charge < -0.3 is 5.11 Å². The lowest BCUT2D eigenvalue weighted by Crippen LogP contribution is -2.33. The van der Waals surface area contributed by atoms with E-state index in [1.807, 2.05) is 6.08 Å². The van der Waals surface area contributed by atoms with Gasteiger partial charge in [0.05, 0.1) is 0 Å². The molecular weight excluding hydrogens is 198 g/mol. The Morgan fingerprint density at radius 2 is 2.31 bits per heavy atom. The van der Waals surface area contributed by atoms with Gasteiger partial charge in [0, 0.05) is 13.1 Å². The molecule has 0 fully saturated rings. The van der Waals surface area contributed by atoms with Crippen molar-refractivity contribution in [3.63, 3.8) is 0 Å². The fraction of sp³-hybridized carbons (Fsp3) is 0.429. The molecule has 0 spiro atoms. The van der Waals surface area contributed by atoms with Crippen LogP contribution in [0, 0.1) is 6.92 Å². The molecule has 2 rings (SSSR count). The molecule has 0 saturated heterocycles. The molecule has 1 atom stereocenters. The number of allylic oxidation sites excluding steroid dienone is 1. The number of aryl methyl sites for hydroxylation is 1. The van der Waals surface area contributed by atoms with E-state index in [1.54, 1.807) is 0 Å². The minimum Gasteiger partial charge on any atom is -0.375 e. The summed E-state index contributed by atoms with van der Waals surface area (Å²) in [4.78, 5) is 2.11. The highest BCUT2D eigenvalue weighted by molar-refractivity contribution is 5.22. The molecule has 0 radical (unpaired) electrons. The highest BCUT2D eigenvalue weighted by Crippen LogP contribution is 2.13. The first kappa shape index (κ1) is 11.4. The van der Waals surface area contributed by atoms with Gasteiger partial charge in [0.15, 0.2) is 0 Å². The van der Waals surface area contributed by atoms with E-state index in [-0.39, 0.29) is 0 Å². The molecule has 1 aromatic carbocycles. The number of hydrogen-bond donors (Lipinski definition) is 1. The highest BCUT2D eigenvalue weighted by atomic mass is 16.3. The predicted molar refractivity (Wildman–Crippen MR) is 66.0 cm³/mol. The van der Waals surface area contributed by atoms with Crippen LogP contribution in [0.1, 0.15) is 24.0 Å². The quantitative estimate of drug-likeness (QED) is 0.769. The van der Waals surface area contributed by atoms with Gasteiger partial charge in [-0.1, -0.05) is 35.9 Å². The number of aliphatic hydroxyl groups is 1. The van der Waals surface area contributed by atoms with Crippen LogP contribution >= 0.6 is 0 Å². The normalized spacial score (nSPS) is 22.0. The summed E-state index contributed by atoms with van der Waals surface area (Å²) in [7, 11) is 0. The lowest BCUT2D eigenvalue weighted by atomic mass is 10.1. The van der Waals surface area contributed by atoms with Gasteiger partial charge in [-0.25, -0.2) is 0 Å². The van der Waals surface area contributed by atoms with E-state index < -0.39 is 6.23 Å². The van der Waals surface area contributed by atoms with E-state index in [4.69, 9.17) is 0 Å². The van der Waals surface area contributed by atoms with E-state index in [0.717, 1.165) is 25.9 Å². The van der Waals surface area contributed by atoms with Crippen molar-refractivity contribution in [2.24, 2.45) is 0 Å². The second-order valence-corrected chi connectivity index (χ2v) is 4.44. The Kier molecular flexibility index (Phi) is 3.75. The van der Waals surface area contributed by atoms with E-state index in [9.17, 15) is 5.11 Å². The molecule has 1 aliphatic rings. The van der Waals surface area contributed by atoms with Crippen LogP contribution in [0.3, 0.4) is 0 Å². The molecular formula is C14H19NO. The Morgan fingerprint density at radius 1 is 1.44 bits per heavy atom. The summed E-state index contributed by atoms with van der Waals surface area (Å²) in [6.45, 7) is 3.89. The molecule has 1 aromatic rings. The van der Waals surface area contributed by atoms with Gasteiger partial charge in [0.1, 0.15) is 6.23 Å². The Morgan fingerprint density at radius 3 is 3.12 bits per heavy atom. The van der Waals surface area contributed by atoms with Gasteiger partial charge in [0.25, 0.3) is 0 Å². The van der Waals surface area contributed by atoms with Crippen molar-refractivity contribution in [3.8, 4) is 0 Å². The van der Waals surface area contributed by atoms with E-state index >= 15 is 0 Å². The number of benzene rings is 1. The van der Waals surface area contributed by atoms with Crippen LogP contribution in [0.2, 0.25) is 0 Å². The third-order valence-electron chi connectivity index (χ3n) is 2.97. The van der Waals surface area contributed by atoms with Crippen molar-refractivity contribution >= 4 is 0 Å². The van der Waals surface area contributed by atoms with Crippen LogP contribution in [0.4, 0.5) is 0 Å². The molecule has 0 aromatic heterocycles. The summed E-state index contributed by atoms with van der Waals surface area (Å²) in [5.74, 6) is 0. The summed E-state index contributed by atoms with van der Waals surface area (Å²) in [6, 6.07) is 8.47. The smallest absolute Gasteiger partial charge is 0.126 e. The van der Waals surface area contributed by atoms with Crippen LogP contribution < -0.4 is 0 Å². The van der Waals surface area contributed by atoms with Crippen molar-refractivity contribution in [1.82, 2.24) is 4.90 Å². The Labute approximate surface area is 97.2 Å². The number of aliphatic hydroxyl groups excluding tert-OH is 1. The monoisotopic (exact) mass is 217 g/mol. The van der Waals surface area contributed by atoms with Crippen LogP contribution in [0.15, 0.2) is 36.4 Å². The maximum Gasteiger partial charge on any atom is 0.126 e. The average molecular weight is 217 g/mol. The van der Waals surface area contributed by atoms with Gasteiger partial charge in [-0.2, -0.15) is 0 Å². The SMILES string of the molecule is Cc1cccc(CN2CCCC=CC2O)c1. The predicted octanol–water partition coefficient (Wildman–Crippen LogP) is 2.47. The summed E-state index contributed by atoms with van der Waals surface area (Å²) in [5, 5.41) is 9.92. The van der Waals surface area contributed by atoms with E-state index in [2.05, 4.69) is 42.2 Å². The second-order valence-electron chi connectivity index (χ2n) is 4.44. The molecule has 1 aliphatic heterocycles. The van der Waals surface area contributed by atoms with Crippen LogP contribution in [0.5, 0.6) is 0 Å². The average Bonchev–Trinajstić information content (AvgIpc) is 2.45. The van der Waals surface area contributed by atoms with E-state index in [0.29, 0.717) is 0 Å². The standard InChI is InChI=1S/C14H19NO/c1-12-6-5-7-13(10-12)11-15-9-4-2-3-8-14(15)16/h3,5-8,10,14,16H,2,4,9,11H2,1H3. The fourth-order valence-electron chi connectivity index (χ4n) is 2.10. The zero-order valence-corrected chi connectivity index (χ0v) is 9.76. The molecule has 1 heterocycles. The van der Waals surface area contributed by atoms with Crippen LogP contribution in [-0.2, 0) is 6.54 Å². The molecule has 0 bridgehead atoms. The molecule has 86 valence electrons. The highest BCUT2D eigenvalue weighted by Gasteiger charge is 2.14. The molecule has 1 unspecified atom stereocenters. The van der Waals surface area contributed by atoms with Crippen molar-refractivity contribution < 1.29 is 5.11 Å². The second kappa shape index (κ2) is 5.28. The Bertz CT molecular complexity index is 373. The molecule has 1 N–H and O–H groups in total. The Balaban J connectivity index is 2.05. The first-order valence-corrected chi connectivity index (χ1v) is 5.90. The van der Waals surface area contributed by atoms with Crippen molar-refractivity contribution in [2.75, 3.05) is 6.54 Å². The maximum absolute atomic E-state index is 9.92. The third kappa shape index (κ3) is 2.94. The minimum absolute atomic E-state index is 0.428. The zero-order chi connectivity index (χ0) is 11.4. The number of hydrogen-bond acceptors (Lipinski definition) is 2. The summed E-state index contributed by atoms with van der Waals surface area (Å²) in [6.07, 6.45) is 5.73. The van der Waals surface area contributed by atoms with Gasteiger partial charge in [-0.3, -0.25) is 4.90 Å². The summed E-state index contributed by atoms with van der Waals surface area (Å²) >= 11 is 0. The van der Waals surface area contributed by atoms with Gasteiger partial charge in [0.2, 0.25) is 0 Å². The van der Waals surface area contributed by atoms with Crippen LogP contribution in [0.25, 0.3) is 0 Å². The maximum atomic E-state index is 9.92. The molecule has 2 heteroatoms. The number of rotatable bonds is 2. The van der Waals surface area contributed by atoms with Crippen LogP contribution in [-0.4, -0.2) is 22.8 Å². The van der Waals surface area contributed by atoms with Crippen molar-refractivity contribution in [3.05, 3.63) is 47.5 Å². The van der Waals surface area contributed by atoms with Gasteiger partial charge in [-0.05, 0) is 31.4 Å². The first-order chi connectivity index (χ1) is 7.75. The topological polar surface area (TPSA) is 23.5 Å². The van der Waals surface area contributed by atoms with E-state index in [1.165, 1.54) is 11.1 Å². The Hall–Kier alpha value is -1.12. The molecule has 0 aliphatic carbocycles. The largest absolute Gasteiger partial charge is 0.375 e. The lowest BCUT2D eigenvalue weighted by molar-refractivity contribution is 0.0376. The van der Waals surface area contributed by atoms with Crippen molar-refractivity contribution in [1.29, 1.82) is 0 Å². The van der Waals surface area contributed by atoms with Gasteiger partial charge >= 0.3 is 0 Å². The summed E-state index contributed by atoms with van der Waals surface area (Å²) in [5.41, 5.74) is 2.55. The fourth-order valence-corrected chi connectivity index (χ4v) is 2.10. The molecule has 0 saturated carbocycles. The minimum atomic E-state index is -0.428. The first-order valence-electron chi connectivity index (χ1n) is 5.90.